The van der Waals surface area contributed by atoms with E-state index in [0.717, 1.165) is 0 Å². The van der Waals surface area contributed by atoms with Gasteiger partial charge >= 0.3 is 18.0 Å². The number of rotatable bonds is 7. The maximum Gasteiger partial charge on any atom is 0.339 e. The Morgan fingerprint density at radius 3 is 2.48 bits per heavy atom. The zero-order valence-electron chi connectivity index (χ0n) is 16.3. The molecular weight excluding hydrogens is 402 g/mol. The molecule has 12 heteroatoms. The van der Waals surface area contributed by atoms with Crippen molar-refractivity contribution in [2.24, 2.45) is 5.92 Å². The van der Waals surface area contributed by atoms with Crippen LogP contribution >= 0.6 is 0 Å². The Morgan fingerprint density at radius 1 is 1.14 bits per heavy atom. The van der Waals surface area contributed by atoms with Crippen LogP contribution in [0.3, 0.4) is 0 Å². The Morgan fingerprint density at radius 2 is 1.83 bits per heavy atom. The highest BCUT2D eigenvalue weighted by molar-refractivity contribution is 7.90. The summed E-state index contributed by atoms with van der Waals surface area (Å²) >= 11 is 0. The van der Waals surface area contributed by atoms with Crippen LogP contribution in [0.5, 0.6) is 6.01 Å². The minimum absolute atomic E-state index is 0.0473. The minimum Gasteiger partial charge on any atom is -0.467 e. The van der Waals surface area contributed by atoms with E-state index in [0.29, 0.717) is 0 Å². The Balaban J connectivity index is 2.20. The average Bonchev–Trinajstić information content (AvgIpc) is 2.64. The molecule has 0 atom stereocenters. The van der Waals surface area contributed by atoms with Gasteiger partial charge in [-0.05, 0) is 25.0 Å². The van der Waals surface area contributed by atoms with Gasteiger partial charge in [0.1, 0.15) is 10.7 Å². The van der Waals surface area contributed by atoms with E-state index in [-0.39, 0.29) is 35.9 Å². The smallest absolute Gasteiger partial charge is 0.339 e. The Hall–Kier alpha value is -3.28. The van der Waals surface area contributed by atoms with Crippen molar-refractivity contribution in [1.82, 2.24) is 19.7 Å². The van der Waals surface area contributed by atoms with Crippen molar-refractivity contribution in [2.45, 2.75) is 25.7 Å². The van der Waals surface area contributed by atoms with Crippen molar-refractivity contribution in [1.29, 1.82) is 0 Å². The number of amides is 2. The molecule has 0 aliphatic rings. The lowest BCUT2D eigenvalue weighted by Crippen LogP contribution is -2.35. The topological polar surface area (TPSA) is 149 Å². The van der Waals surface area contributed by atoms with E-state index in [1.165, 1.54) is 31.4 Å². The molecule has 2 amide bonds. The van der Waals surface area contributed by atoms with Gasteiger partial charge in [-0.25, -0.2) is 22.7 Å². The van der Waals surface area contributed by atoms with Crippen molar-refractivity contribution < 1.29 is 27.5 Å². The summed E-state index contributed by atoms with van der Waals surface area (Å²) in [4.78, 5) is 35.5. The molecule has 2 aromatic rings. The summed E-state index contributed by atoms with van der Waals surface area (Å²) in [5.41, 5.74) is -0.189. The van der Waals surface area contributed by atoms with Crippen LogP contribution in [0.4, 0.5) is 10.7 Å². The molecule has 0 radical (unpaired) electrons. The molecule has 29 heavy (non-hydrogen) atoms. The van der Waals surface area contributed by atoms with Crippen LogP contribution in [-0.2, 0) is 14.8 Å². The molecule has 1 aromatic heterocycles. The van der Waals surface area contributed by atoms with Crippen LogP contribution in [0.2, 0.25) is 0 Å². The molecule has 0 unspecified atom stereocenters. The Labute approximate surface area is 167 Å². The summed E-state index contributed by atoms with van der Waals surface area (Å²) in [6.07, 6.45) is 0. The van der Waals surface area contributed by atoms with E-state index in [2.05, 4.69) is 20.3 Å². The number of urea groups is 1. The Bertz CT molecular complexity index is 1010. The van der Waals surface area contributed by atoms with Crippen LogP contribution < -0.4 is 14.8 Å². The number of benzene rings is 1. The minimum atomic E-state index is -4.38. The number of methoxy groups -OCH3 is 1. The molecule has 156 valence electrons. The summed E-state index contributed by atoms with van der Waals surface area (Å²) < 4.78 is 37.0. The van der Waals surface area contributed by atoms with E-state index in [9.17, 15) is 18.0 Å². The van der Waals surface area contributed by atoms with Crippen LogP contribution in [0.1, 0.15) is 30.0 Å². The third-order valence-electron chi connectivity index (χ3n) is 3.31. The first-order valence-corrected chi connectivity index (χ1v) is 9.97. The number of carbonyl (C=O) groups is 2. The molecule has 0 saturated heterocycles. The predicted octanol–water partition coefficient (Wildman–Crippen LogP) is 1.51. The number of sulfonamides is 1. The van der Waals surface area contributed by atoms with Crippen molar-refractivity contribution >= 4 is 28.0 Å². The van der Waals surface area contributed by atoms with Gasteiger partial charge in [-0.2, -0.15) is 15.0 Å². The second kappa shape index (κ2) is 9.28. The fraction of sp³-hybridized carbons (Fsp3) is 0.353. The lowest BCUT2D eigenvalue weighted by atomic mass is 10.2. The van der Waals surface area contributed by atoms with Crippen LogP contribution in [-0.4, -0.2) is 49.1 Å². The monoisotopic (exact) mass is 423 g/mol. The summed E-state index contributed by atoms with van der Waals surface area (Å²) in [5, 5.41) is 2.18. The fourth-order valence-corrected chi connectivity index (χ4v) is 3.20. The lowest BCUT2D eigenvalue weighted by molar-refractivity contribution is 0.0454. The number of aromatic nitrogens is 3. The zero-order valence-corrected chi connectivity index (χ0v) is 17.1. The zero-order chi connectivity index (χ0) is 21.6. The largest absolute Gasteiger partial charge is 0.467 e. The van der Waals surface area contributed by atoms with E-state index in [1.807, 2.05) is 18.6 Å². The fourth-order valence-electron chi connectivity index (χ4n) is 2.10. The number of esters is 1. The van der Waals surface area contributed by atoms with Gasteiger partial charge < -0.3 is 9.47 Å². The highest BCUT2D eigenvalue weighted by Crippen LogP contribution is 2.17. The summed E-state index contributed by atoms with van der Waals surface area (Å²) in [6.45, 7) is 5.37. The van der Waals surface area contributed by atoms with E-state index in [1.54, 1.807) is 6.92 Å². The second-order valence-corrected chi connectivity index (χ2v) is 7.89. The second-order valence-electron chi connectivity index (χ2n) is 6.24. The molecule has 11 nitrogen and oxygen atoms in total. The molecular formula is C17H21N5O6S. The molecule has 0 fully saturated rings. The Kier molecular flexibility index (Phi) is 7.04. The summed E-state index contributed by atoms with van der Waals surface area (Å²) in [5.74, 6) is -0.676. The first-order valence-electron chi connectivity index (χ1n) is 8.49. The number of nitrogens with zero attached hydrogens (tertiary/aromatic N) is 3. The van der Waals surface area contributed by atoms with Crippen LogP contribution in [0.25, 0.3) is 0 Å². The van der Waals surface area contributed by atoms with Gasteiger partial charge in [0, 0.05) is 0 Å². The van der Waals surface area contributed by atoms with Gasteiger partial charge in [0.05, 0.1) is 19.3 Å². The molecule has 2 N–H and O–H groups in total. The third kappa shape index (κ3) is 6.10. The molecule has 0 spiro atoms. The standard InChI is InChI=1S/C17H21N5O6S/c1-10(2)9-28-14(23)12-7-5-6-8-13(12)29(25,26)22-16(24)20-15-18-11(3)19-17(21-15)27-4/h5-8,10H,9H2,1-4H3,(H2,18,19,20,21,22,24). The average molecular weight is 423 g/mol. The van der Waals surface area contributed by atoms with E-state index >= 15 is 0 Å². The number of hydrogen-bond acceptors (Lipinski definition) is 9. The van der Waals surface area contributed by atoms with Gasteiger partial charge in [0.25, 0.3) is 10.0 Å². The first-order chi connectivity index (χ1) is 13.6. The molecule has 0 aliphatic carbocycles. The van der Waals surface area contributed by atoms with Crippen molar-refractivity contribution in [2.75, 3.05) is 19.0 Å². The number of ether oxygens (including phenoxy) is 2. The quantitative estimate of drug-likeness (QED) is 0.632. The van der Waals surface area contributed by atoms with E-state index in [4.69, 9.17) is 9.47 Å². The van der Waals surface area contributed by atoms with Crippen molar-refractivity contribution in [3.05, 3.63) is 35.7 Å². The molecule has 2 rings (SSSR count). The van der Waals surface area contributed by atoms with Gasteiger partial charge in [0.15, 0.2) is 0 Å². The summed E-state index contributed by atoms with van der Waals surface area (Å²) in [6, 6.07) is 4.24. The SMILES string of the molecule is COc1nc(C)nc(NC(=O)NS(=O)(=O)c2ccccc2C(=O)OCC(C)C)n1. The van der Waals surface area contributed by atoms with Gasteiger partial charge in [0.2, 0.25) is 5.95 Å². The van der Waals surface area contributed by atoms with Crippen molar-refractivity contribution in [3.8, 4) is 6.01 Å². The lowest BCUT2D eigenvalue weighted by Gasteiger charge is -2.12. The van der Waals surface area contributed by atoms with Crippen LogP contribution in [0.15, 0.2) is 29.2 Å². The van der Waals surface area contributed by atoms with Crippen LogP contribution in [0, 0.1) is 12.8 Å². The molecule has 0 saturated carbocycles. The van der Waals surface area contributed by atoms with Gasteiger partial charge in [-0.1, -0.05) is 26.0 Å². The van der Waals surface area contributed by atoms with Gasteiger partial charge in [-0.3, -0.25) is 5.32 Å². The molecule has 0 bridgehead atoms. The molecule has 0 aliphatic heterocycles. The maximum absolute atomic E-state index is 12.6. The molecule has 1 aromatic carbocycles. The number of carbonyl (C=O) groups excluding carboxylic acids is 2. The van der Waals surface area contributed by atoms with E-state index < -0.39 is 26.9 Å². The number of hydrogen-bond donors (Lipinski definition) is 2. The third-order valence-corrected chi connectivity index (χ3v) is 4.70. The highest BCUT2D eigenvalue weighted by atomic mass is 32.2. The first kappa shape index (κ1) is 22.0. The number of nitrogens with one attached hydrogen (secondary N) is 2. The molecule has 1 heterocycles. The number of aryl methyl sites for hydroxylation is 1. The summed E-state index contributed by atoms with van der Waals surface area (Å²) in [7, 11) is -3.05. The van der Waals surface area contributed by atoms with Crippen molar-refractivity contribution in [3.63, 3.8) is 0 Å². The predicted molar refractivity (Wildman–Crippen MR) is 102 cm³/mol. The van der Waals surface area contributed by atoms with Gasteiger partial charge in [-0.15, -0.1) is 0 Å². The maximum atomic E-state index is 12.6. The highest BCUT2D eigenvalue weighted by Gasteiger charge is 2.25. The normalized spacial score (nSPS) is 11.1. The number of anilines is 1.